The zero-order chi connectivity index (χ0) is 11.1. The van der Waals surface area contributed by atoms with E-state index in [0.29, 0.717) is 12.6 Å². The number of aryl methyl sites for hydroxylation is 2. The van der Waals surface area contributed by atoms with E-state index in [4.69, 9.17) is 5.11 Å². The molecule has 0 saturated carbocycles. The molecule has 84 valence electrons. The molecule has 0 radical (unpaired) electrons. The quantitative estimate of drug-likeness (QED) is 0.746. The fraction of sp³-hybridized carbons (Fsp3) is 0.538. The summed E-state index contributed by atoms with van der Waals surface area (Å²) in [5.41, 5.74) is 2.72. The molecular formula is C13H21NO. The Morgan fingerprint density at radius 3 is 2.87 bits per heavy atom. The first kappa shape index (κ1) is 12.2. The van der Waals surface area contributed by atoms with Gasteiger partial charge in [0.05, 0.1) is 6.61 Å². The molecule has 0 saturated heterocycles. The van der Waals surface area contributed by atoms with Gasteiger partial charge in [-0.3, -0.25) is 0 Å². The van der Waals surface area contributed by atoms with Gasteiger partial charge in [0.25, 0.3) is 0 Å². The van der Waals surface area contributed by atoms with Crippen LogP contribution in [-0.4, -0.2) is 24.3 Å². The predicted molar refractivity (Wildman–Crippen MR) is 64.1 cm³/mol. The van der Waals surface area contributed by atoms with Gasteiger partial charge >= 0.3 is 0 Å². The van der Waals surface area contributed by atoms with E-state index in [1.165, 1.54) is 11.1 Å². The highest BCUT2D eigenvalue weighted by Gasteiger charge is 2.01. The summed E-state index contributed by atoms with van der Waals surface area (Å²) in [5, 5.41) is 11.9. The molecule has 0 amide bonds. The number of hydrogen-bond donors (Lipinski definition) is 2. The normalized spacial score (nSPS) is 12.7. The van der Waals surface area contributed by atoms with Crippen molar-refractivity contribution in [3.8, 4) is 0 Å². The summed E-state index contributed by atoms with van der Waals surface area (Å²) in [5.74, 6) is 0. The van der Waals surface area contributed by atoms with Crippen LogP contribution in [0, 0.1) is 6.92 Å². The lowest BCUT2D eigenvalue weighted by atomic mass is 10.0. The van der Waals surface area contributed by atoms with Crippen molar-refractivity contribution in [1.82, 2.24) is 5.32 Å². The van der Waals surface area contributed by atoms with Crippen LogP contribution in [0.1, 0.15) is 24.5 Å². The van der Waals surface area contributed by atoms with E-state index in [0.717, 1.165) is 12.8 Å². The van der Waals surface area contributed by atoms with Crippen LogP contribution < -0.4 is 5.32 Å². The minimum atomic E-state index is 0.217. The van der Waals surface area contributed by atoms with E-state index in [2.05, 4.69) is 43.4 Å². The number of nitrogens with one attached hydrogen (secondary N) is 1. The van der Waals surface area contributed by atoms with Crippen LogP contribution in [0.5, 0.6) is 0 Å². The molecule has 15 heavy (non-hydrogen) atoms. The zero-order valence-electron chi connectivity index (χ0n) is 9.66. The smallest absolute Gasteiger partial charge is 0.0556 e. The van der Waals surface area contributed by atoms with Gasteiger partial charge in [-0.15, -0.1) is 0 Å². The number of aliphatic hydroxyl groups excluding tert-OH is 1. The molecule has 2 nitrogen and oxygen atoms in total. The minimum absolute atomic E-state index is 0.217. The Hall–Kier alpha value is -0.860. The lowest BCUT2D eigenvalue weighted by Crippen LogP contribution is -2.29. The molecule has 0 aromatic heterocycles. The Morgan fingerprint density at radius 1 is 1.40 bits per heavy atom. The number of aliphatic hydroxyl groups is 1. The number of hydrogen-bond acceptors (Lipinski definition) is 2. The van der Waals surface area contributed by atoms with Crippen molar-refractivity contribution in [2.24, 2.45) is 0 Å². The van der Waals surface area contributed by atoms with Crippen molar-refractivity contribution >= 4 is 0 Å². The van der Waals surface area contributed by atoms with E-state index in [9.17, 15) is 0 Å². The van der Waals surface area contributed by atoms with Gasteiger partial charge in [0.1, 0.15) is 0 Å². The molecule has 0 aliphatic rings. The molecule has 0 spiro atoms. The fourth-order valence-corrected chi connectivity index (χ4v) is 1.66. The molecule has 0 heterocycles. The van der Waals surface area contributed by atoms with Gasteiger partial charge in [-0.25, -0.2) is 0 Å². The van der Waals surface area contributed by atoms with Crippen LogP contribution in [-0.2, 0) is 6.42 Å². The van der Waals surface area contributed by atoms with Crippen LogP contribution in [0.25, 0.3) is 0 Å². The van der Waals surface area contributed by atoms with Gasteiger partial charge in [-0.05, 0) is 32.3 Å². The first-order valence-electron chi connectivity index (χ1n) is 5.62. The van der Waals surface area contributed by atoms with E-state index >= 15 is 0 Å². The Labute approximate surface area is 92.3 Å². The summed E-state index contributed by atoms with van der Waals surface area (Å²) in [6.07, 6.45) is 2.21. The zero-order valence-corrected chi connectivity index (χ0v) is 9.66. The average Bonchev–Trinajstić information content (AvgIpc) is 2.23. The van der Waals surface area contributed by atoms with E-state index < -0.39 is 0 Å². The van der Waals surface area contributed by atoms with Crippen LogP contribution in [0.15, 0.2) is 24.3 Å². The summed E-state index contributed by atoms with van der Waals surface area (Å²) in [6.45, 7) is 5.19. The van der Waals surface area contributed by atoms with Crippen molar-refractivity contribution in [2.45, 2.75) is 32.7 Å². The molecular weight excluding hydrogens is 186 g/mol. The third-order valence-corrected chi connectivity index (χ3v) is 2.55. The van der Waals surface area contributed by atoms with Crippen molar-refractivity contribution in [2.75, 3.05) is 13.2 Å². The third-order valence-electron chi connectivity index (χ3n) is 2.55. The lowest BCUT2D eigenvalue weighted by molar-refractivity contribution is 0.284. The fourth-order valence-electron chi connectivity index (χ4n) is 1.66. The standard InChI is InChI=1S/C13H21NO/c1-11-4-3-5-13(10-11)7-6-12(2)14-8-9-15/h3-5,10,12,14-15H,6-9H2,1-2H3. The van der Waals surface area contributed by atoms with Crippen LogP contribution in [0.2, 0.25) is 0 Å². The summed E-state index contributed by atoms with van der Waals surface area (Å²) < 4.78 is 0. The molecule has 1 unspecified atom stereocenters. The molecule has 1 aromatic rings. The van der Waals surface area contributed by atoms with E-state index in [-0.39, 0.29) is 6.61 Å². The first-order valence-corrected chi connectivity index (χ1v) is 5.62. The highest BCUT2D eigenvalue weighted by atomic mass is 16.3. The third kappa shape index (κ3) is 4.96. The van der Waals surface area contributed by atoms with Gasteiger partial charge < -0.3 is 10.4 Å². The molecule has 1 aromatic carbocycles. The van der Waals surface area contributed by atoms with E-state index in [1.54, 1.807) is 0 Å². The second kappa shape index (κ2) is 6.59. The average molecular weight is 207 g/mol. The van der Waals surface area contributed by atoms with Gasteiger partial charge in [-0.1, -0.05) is 29.8 Å². The van der Waals surface area contributed by atoms with Gasteiger partial charge in [0.2, 0.25) is 0 Å². The van der Waals surface area contributed by atoms with Crippen molar-refractivity contribution in [3.05, 3.63) is 35.4 Å². The maximum Gasteiger partial charge on any atom is 0.0556 e. The molecule has 0 fully saturated rings. The molecule has 0 aliphatic carbocycles. The maximum atomic E-state index is 8.67. The van der Waals surface area contributed by atoms with Crippen molar-refractivity contribution < 1.29 is 5.11 Å². The second-order valence-electron chi connectivity index (χ2n) is 4.11. The topological polar surface area (TPSA) is 32.3 Å². The van der Waals surface area contributed by atoms with Gasteiger partial charge in [0.15, 0.2) is 0 Å². The summed E-state index contributed by atoms with van der Waals surface area (Å²) in [4.78, 5) is 0. The Morgan fingerprint density at radius 2 is 2.20 bits per heavy atom. The molecule has 0 aliphatic heterocycles. The summed E-state index contributed by atoms with van der Waals surface area (Å²) in [6, 6.07) is 9.11. The SMILES string of the molecule is Cc1cccc(CCC(C)NCCO)c1. The first-order chi connectivity index (χ1) is 7.22. The Bertz CT molecular complexity index is 286. The van der Waals surface area contributed by atoms with Gasteiger partial charge in [-0.2, -0.15) is 0 Å². The molecule has 0 bridgehead atoms. The van der Waals surface area contributed by atoms with Crippen molar-refractivity contribution in [1.29, 1.82) is 0 Å². The molecule has 1 rings (SSSR count). The summed E-state index contributed by atoms with van der Waals surface area (Å²) in [7, 11) is 0. The van der Waals surface area contributed by atoms with Crippen LogP contribution in [0.4, 0.5) is 0 Å². The maximum absolute atomic E-state index is 8.67. The number of benzene rings is 1. The molecule has 1 atom stereocenters. The van der Waals surface area contributed by atoms with Crippen LogP contribution in [0.3, 0.4) is 0 Å². The molecule has 2 heteroatoms. The summed E-state index contributed by atoms with van der Waals surface area (Å²) >= 11 is 0. The monoisotopic (exact) mass is 207 g/mol. The minimum Gasteiger partial charge on any atom is -0.395 e. The Kier molecular flexibility index (Phi) is 5.37. The highest BCUT2D eigenvalue weighted by Crippen LogP contribution is 2.07. The highest BCUT2D eigenvalue weighted by molar-refractivity contribution is 5.22. The van der Waals surface area contributed by atoms with Crippen molar-refractivity contribution in [3.63, 3.8) is 0 Å². The second-order valence-corrected chi connectivity index (χ2v) is 4.11. The molecule has 2 N–H and O–H groups in total. The predicted octanol–water partition coefficient (Wildman–Crippen LogP) is 1.90. The van der Waals surface area contributed by atoms with E-state index in [1.807, 2.05) is 0 Å². The van der Waals surface area contributed by atoms with Crippen LogP contribution >= 0.6 is 0 Å². The number of rotatable bonds is 6. The van der Waals surface area contributed by atoms with Gasteiger partial charge in [0, 0.05) is 12.6 Å². The lowest BCUT2D eigenvalue weighted by Gasteiger charge is -2.12. The Balaban J connectivity index is 2.30. The largest absolute Gasteiger partial charge is 0.395 e.